The lowest BCUT2D eigenvalue weighted by Crippen LogP contribution is -2.28. The Morgan fingerprint density at radius 2 is 1.41 bits per heavy atom. The summed E-state index contributed by atoms with van der Waals surface area (Å²) in [5.41, 5.74) is 2.55. The van der Waals surface area contributed by atoms with Gasteiger partial charge < -0.3 is 10.6 Å². The number of hydrogen-bond donors (Lipinski definition) is 2. The highest BCUT2D eigenvalue weighted by atomic mass is 16.1. The van der Waals surface area contributed by atoms with Gasteiger partial charge in [-0.3, -0.25) is 4.79 Å². The number of aromatic nitrogens is 2. The molecule has 0 radical (unpaired) electrons. The largest absolute Gasteiger partial charge is 0.363 e. The molecule has 0 aliphatic rings. The Labute approximate surface area is 159 Å². The SMILES string of the molecule is Cc1nc(NC(C)c2ccccc2)cc(C(=O)NC(C)c2ccccc2)n1. The summed E-state index contributed by atoms with van der Waals surface area (Å²) in [6, 6.07) is 21.6. The minimum Gasteiger partial charge on any atom is -0.363 e. The molecule has 2 N–H and O–H groups in total. The van der Waals surface area contributed by atoms with Crippen LogP contribution in [0.4, 0.5) is 5.82 Å². The number of benzene rings is 2. The molecule has 2 atom stereocenters. The van der Waals surface area contributed by atoms with E-state index in [4.69, 9.17) is 0 Å². The lowest BCUT2D eigenvalue weighted by Gasteiger charge is -2.17. The first-order valence-electron chi connectivity index (χ1n) is 9.06. The molecule has 138 valence electrons. The number of aryl methyl sites for hydroxylation is 1. The van der Waals surface area contributed by atoms with Gasteiger partial charge in [0, 0.05) is 12.1 Å². The lowest BCUT2D eigenvalue weighted by molar-refractivity contribution is 0.0934. The quantitative estimate of drug-likeness (QED) is 0.681. The Balaban J connectivity index is 1.73. The molecule has 3 aromatic rings. The molecule has 5 heteroatoms. The minimum atomic E-state index is -0.215. The summed E-state index contributed by atoms with van der Waals surface area (Å²) in [5.74, 6) is 0.974. The monoisotopic (exact) mass is 360 g/mol. The zero-order valence-corrected chi connectivity index (χ0v) is 15.8. The van der Waals surface area contributed by atoms with E-state index in [1.807, 2.05) is 55.5 Å². The number of anilines is 1. The van der Waals surface area contributed by atoms with E-state index >= 15 is 0 Å². The third-order valence-electron chi connectivity index (χ3n) is 4.38. The average Bonchev–Trinajstić information content (AvgIpc) is 2.68. The van der Waals surface area contributed by atoms with Crippen LogP contribution in [0.2, 0.25) is 0 Å². The van der Waals surface area contributed by atoms with Crippen molar-refractivity contribution < 1.29 is 4.79 Å². The van der Waals surface area contributed by atoms with Gasteiger partial charge in [-0.15, -0.1) is 0 Å². The van der Waals surface area contributed by atoms with E-state index in [0.29, 0.717) is 17.3 Å². The molecule has 2 unspecified atom stereocenters. The summed E-state index contributed by atoms with van der Waals surface area (Å²) in [6.07, 6.45) is 0. The van der Waals surface area contributed by atoms with E-state index < -0.39 is 0 Å². The molecule has 1 heterocycles. The van der Waals surface area contributed by atoms with E-state index in [9.17, 15) is 4.79 Å². The molecule has 5 nitrogen and oxygen atoms in total. The molecule has 0 spiro atoms. The Hall–Kier alpha value is -3.21. The average molecular weight is 360 g/mol. The number of carbonyl (C=O) groups excluding carboxylic acids is 1. The molecule has 0 aliphatic heterocycles. The predicted octanol–water partition coefficient (Wildman–Crippen LogP) is 4.45. The van der Waals surface area contributed by atoms with Gasteiger partial charge in [0.05, 0.1) is 6.04 Å². The fraction of sp³-hybridized carbons (Fsp3) is 0.227. The van der Waals surface area contributed by atoms with Gasteiger partial charge in [0.2, 0.25) is 0 Å². The van der Waals surface area contributed by atoms with Gasteiger partial charge in [-0.1, -0.05) is 60.7 Å². The number of amides is 1. The Morgan fingerprint density at radius 1 is 0.852 bits per heavy atom. The van der Waals surface area contributed by atoms with Gasteiger partial charge in [0.25, 0.3) is 5.91 Å². The standard InChI is InChI=1S/C22H24N4O/c1-15(18-10-6-4-7-11-18)23-21-14-20(25-17(3)26-21)22(27)24-16(2)19-12-8-5-9-13-19/h4-16H,1-3H3,(H,24,27)(H,23,25,26). The maximum absolute atomic E-state index is 12.7. The lowest BCUT2D eigenvalue weighted by atomic mass is 10.1. The summed E-state index contributed by atoms with van der Waals surface area (Å²) in [4.78, 5) is 21.4. The van der Waals surface area contributed by atoms with Crippen LogP contribution < -0.4 is 10.6 Å². The highest BCUT2D eigenvalue weighted by Crippen LogP contribution is 2.19. The zero-order chi connectivity index (χ0) is 19.2. The van der Waals surface area contributed by atoms with E-state index in [-0.39, 0.29) is 18.0 Å². The molecule has 0 fully saturated rings. The highest BCUT2D eigenvalue weighted by molar-refractivity contribution is 5.93. The molecule has 0 saturated carbocycles. The van der Waals surface area contributed by atoms with Crippen molar-refractivity contribution in [1.29, 1.82) is 0 Å². The molecule has 1 amide bonds. The van der Waals surface area contributed by atoms with Crippen molar-refractivity contribution in [2.45, 2.75) is 32.9 Å². The van der Waals surface area contributed by atoms with Crippen LogP contribution in [0.5, 0.6) is 0 Å². The summed E-state index contributed by atoms with van der Waals surface area (Å²) in [6.45, 7) is 5.80. The van der Waals surface area contributed by atoms with Gasteiger partial charge >= 0.3 is 0 Å². The molecule has 2 aromatic carbocycles. The van der Waals surface area contributed by atoms with E-state index in [0.717, 1.165) is 11.1 Å². The number of nitrogens with one attached hydrogen (secondary N) is 2. The van der Waals surface area contributed by atoms with Crippen LogP contribution >= 0.6 is 0 Å². The first-order chi connectivity index (χ1) is 13.0. The molecule has 1 aromatic heterocycles. The van der Waals surface area contributed by atoms with Crippen LogP contribution in [0.3, 0.4) is 0 Å². The second kappa shape index (κ2) is 8.45. The van der Waals surface area contributed by atoms with Gasteiger partial charge in [-0.2, -0.15) is 0 Å². The topological polar surface area (TPSA) is 66.9 Å². The second-order valence-electron chi connectivity index (χ2n) is 6.57. The maximum atomic E-state index is 12.7. The summed E-state index contributed by atoms with van der Waals surface area (Å²) < 4.78 is 0. The summed E-state index contributed by atoms with van der Waals surface area (Å²) in [5, 5.41) is 6.34. The van der Waals surface area contributed by atoms with Gasteiger partial charge in [0.15, 0.2) is 0 Å². The first-order valence-corrected chi connectivity index (χ1v) is 9.06. The van der Waals surface area contributed by atoms with Crippen LogP contribution in [0.25, 0.3) is 0 Å². The molecule has 0 saturated heterocycles. The van der Waals surface area contributed by atoms with Crippen molar-refractivity contribution in [3.8, 4) is 0 Å². The van der Waals surface area contributed by atoms with Crippen molar-refractivity contribution >= 4 is 11.7 Å². The van der Waals surface area contributed by atoms with Crippen LogP contribution in [0.15, 0.2) is 66.7 Å². The normalized spacial score (nSPS) is 12.9. The van der Waals surface area contributed by atoms with Crippen LogP contribution in [0.1, 0.15) is 53.4 Å². The first kappa shape index (κ1) is 18.6. The second-order valence-corrected chi connectivity index (χ2v) is 6.57. The van der Waals surface area contributed by atoms with Crippen molar-refractivity contribution in [3.63, 3.8) is 0 Å². The van der Waals surface area contributed by atoms with Crippen LogP contribution in [-0.2, 0) is 0 Å². The minimum absolute atomic E-state index is 0.0691. The number of nitrogens with zero attached hydrogens (tertiary/aromatic N) is 2. The van der Waals surface area contributed by atoms with Crippen molar-refractivity contribution in [1.82, 2.24) is 15.3 Å². The van der Waals surface area contributed by atoms with Crippen molar-refractivity contribution in [2.24, 2.45) is 0 Å². The zero-order valence-electron chi connectivity index (χ0n) is 15.8. The van der Waals surface area contributed by atoms with Crippen molar-refractivity contribution in [2.75, 3.05) is 5.32 Å². The van der Waals surface area contributed by atoms with Crippen LogP contribution in [-0.4, -0.2) is 15.9 Å². The van der Waals surface area contributed by atoms with Gasteiger partial charge in [0.1, 0.15) is 17.3 Å². The Kier molecular flexibility index (Phi) is 5.81. The molecule has 3 rings (SSSR count). The molecule has 27 heavy (non-hydrogen) atoms. The molecular formula is C22H24N4O. The molecular weight excluding hydrogens is 336 g/mol. The summed E-state index contributed by atoms with van der Waals surface area (Å²) >= 11 is 0. The van der Waals surface area contributed by atoms with E-state index in [1.54, 1.807) is 13.0 Å². The summed E-state index contributed by atoms with van der Waals surface area (Å²) in [7, 11) is 0. The van der Waals surface area contributed by atoms with Gasteiger partial charge in [-0.05, 0) is 31.9 Å². The molecule has 0 bridgehead atoms. The smallest absolute Gasteiger partial charge is 0.270 e. The predicted molar refractivity (Wildman–Crippen MR) is 108 cm³/mol. The number of carbonyl (C=O) groups is 1. The highest BCUT2D eigenvalue weighted by Gasteiger charge is 2.15. The van der Waals surface area contributed by atoms with Crippen LogP contribution in [0, 0.1) is 6.92 Å². The maximum Gasteiger partial charge on any atom is 0.270 e. The third-order valence-corrected chi connectivity index (χ3v) is 4.38. The fourth-order valence-corrected chi connectivity index (χ4v) is 2.90. The van der Waals surface area contributed by atoms with E-state index in [2.05, 4.69) is 39.7 Å². The third kappa shape index (κ3) is 4.91. The fourth-order valence-electron chi connectivity index (χ4n) is 2.90. The number of rotatable bonds is 6. The Bertz CT molecular complexity index is 897. The van der Waals surface area contributed by atoms with Gasteiger partial charge in [-0.25, -0.2) is 9.97 Å². The van der Waals surface area contributed by atoms with E-state index in [1.165, 1.54) is 0 Å². The Morgan fingerprint density at radius 3 is 2.00 bits per heavy atom. The molecule has 0 aliphatic carbocycles. The number of hydrogen-bond acceptors (Lipinski definition) is 4. The van der Waals surface area contributed by atoms with Crippen molar-refractivity contribution in [3.05, 3.63) is 89.4 Å².